The second-order valence-corrected chi connectivity index (χ2v) is 5.51. The van der Waals surface area contributed by atoms with Gasteiger partial charge in [0, 0.05) is 5.69 Å². The molecule has 0 heterocycles. The zero-order valence-electron chi connectivity index (χ0n) is 14.6. The van der Waals surface area contributed by atoms with Crippen molar-refractivity contribution in [3.05, 3.63) is 83.9 Å². The number of aryl methyl sites for hydroxylation is 1. The van der Waals surface area contributed by atoms with Crippen LogP contribution in [0.5, 0.6) is 11.5 Å². The number of hydrogen-bond donors (Lipinski definition) is 2. The molecule has 3 aromatic rings. The molecule has 3 N–H and O–H groups in total. The molecule has 6 nitrogen and oxygen atoms in total. The van der Waals surface area contributed by atoms with Crippen LogP contribution in [0.3, 0.4) is 0 Å². The molecule has 0 aromatic heterocycles. The van der Waals surface area contributed by atoms with E-state index in [-0.39, 0.29) is 5.56 Å². The fourth-order valence-corrected chi connectivity index (χ4v) is 2.14. The quantitative estimate of drug-likeness (QED) is 0.397. The lowest BCUT2D eigenvalue weighted by atomic mass is 10.1. The maximum atomic E-state index is 10.5. The first kappa shape index (κ1) is 19.4. The standard InChI is InChI=1S/C13H9NO2.C8H9NO2/c15-10-14-11-6-8-13(9-7-11)16-12-4-2-1-3-5-12;1-5-2-3-6(8(10)11)7(9)4-5/h1-9H;2-4H,9H2,1H3,(H,10,11). The SMILES string of the molecule is Cc1ccc(C(=O)O)c(N)c1.O=C=Nc1ccc(Oc2ccccc2)cc1. The average Bonchev–Trinajstić information content (AvgIpc) is 2.65. The monoisotopic (exact) mass is 362 g/mol. The molecular formula is C21H18N2O4. The van der Waals surface area contributed by atoms with E-state index in [2.05, 4.69) is 4.99 Å². The van der Waals surface area contributed by atoms with Crippen LogP contribution in [0.2, 0.25) is 0 Å². The third-order valence-electron chi connectivity index (χ3n) is 3.43. The second kappa shape index (κ2) is 9.56. The number of nitrogens with two attached hydrogens (primary N) is 1. The van der Waals surface area contributed by atoms with E-state index in [1.54, 1.807) is 36.4 Å². The molecule has 0 aliphatic rings. The molecule has 0 saturated heterocycles. The number of carbonyl (C=O) groups excluding carboxylic acids is 1. The Balaban J connectivity index is 0.000000208. The fourth-order valence-electron chi connectivity index (χ4n) is 2.14. The van der Waals surface area contributed by atoms with Gasteiger partial charge in [0.25, 0.3) is 0 Å². The van der Waals surface area contributed by atoms with E-state index in [9.17, 15) is 9.59 Å². The number of hydrogen-bond acceptors (Lipinski definition) is 5. The lowest BCUT2D eigenvalue weighted by Gasteiger charge is -2.04. The molecule has 3 aromatic carbocycles. The number of aromatic carboxylic acids is 1. The van der Waals surface area contributed by atoms with E-state index in [4.69, 9.17) is 15.6 Å². The molecule has 27 heavy (non-hydrogen) atoms. The molecule has 0 bridgehead atoms. The number of nitrogens with zero attached hydrogens (tertiary/aromatic N) is 1. The van der Waals surface area contributed by atoms with Gasteiger partial charge in [-0.05, 0) is 61.0 Å². The van der Waals surface area contributed by atoms with E-state index in [0.717, 1.165) is 11.3 Å². The van der Waals surface area contributed by atoms with Gasteiger partial charge in [0.2, 0.25) is 6.08 Å². The summed E-state index contributed by atoms with van der Waals surface area (Å²) in [7, 11) is 0. The summed E-state index contributed by atoms with van der Waals surface area (Å²) in [6.07, 6.45) is 1.49. The van der Waals surface area contributed by atoms with E-state index in [1.165, 1.54) is 12.1 Å². The summed E-state index contributed by atoms with van der Waals surface area (Å²) in [5, 5.41) is 8.58. The Labute approximate surface area is 156 Å². The second-order valence-electron chi connectivity index (χ2n) is 5.51. The molecule has 3 rings (SSSR count). The van der Waals surface area contributed by atoms with Gasteiger partial charge in [-0.15, -0.1) is 0 Å². The number of carbonyl (C=O) groups is 1. The number of aliphatic imine (C=N–C) groups is 1. The largest absolute Gasteiger partial charge is 0.478 e. The van der Waals surface area contributed by atoms with Crippen LogP contribution < -0.4 is 10.5 Å². The zero-order chi connectivity index (χ0) is 19.6. The van der Waals surface area contributed by atoms with E-state index < -0.39 is 5.97 Å². The summed E-state index contributed by atoms with van der Waals surface area (Å²) in [6, 6.07) is 21.2. The van der Waals surface area contributed by atoms with Crippen LogP contribution in [0, 0.1) is 6.92 Å². The van der Waals surface area contributed by atoms with Gasteiger partial charge < -0.3 is 15.6 Å². The summed E-state index contributed by atoms with van der Waals surface area (Å²) >= 11 is 0. The Morgan fingerprint density at radius 3 is 2.19 bits per heavy atom. The van der Waals surface area contributed by atoms with Crippen LogP contribution in [0.1, 0.15) is 15.9 Å². The Hall–Kier alpha value is -3.89. The van der Waals surface area contributed by atoms with Gasteiger partial charge in [0.15, 0.2) is 0 Å². The van der Waals surface area contributed by atoms with Crippen LogP contribution in [-0.2, 0) is 4.79 Å². The van der Waals surface area contributed by atoms with Crippen LogP contribution in [0.4, 0.5) is 11.4 Å². The molecule has 0 spiro atoms. The molecule has 0 aliphatic heterocycles. The number of carboxylic acid groups (broad SMARTS) is 1. The van der Waals surface area contributed by atoms with Crippen molar-refractivity contribution in [2.75, 3.05) is 5.73 Å². The van der Waals surface area contributed by atoms with Crippen LogP contribution in [-0.4, -0.2) is 17.2 Å². The summed E-state index contributed by atoms with van der Waals surface area (Å²) in [6.45, 7) is 1.86. The predicted molar refractivity (Wildman–Crippen MR) is 103 cm³/mol. The highest BCUT2D eigenvalue weighted by molar-refractivity contribution is 5.93. The Bertz CT molecular complexity index is 948. The molecule has 0 unspecified atom stereocenters. The third-order valence-corrected chi connectivity index (χ3v) is 3.43. The maximum absolute atomic E-state index is 10.5. The van der Waals surface area contributed by atoms with Gasteiger partial charge in [-0.3, -0.25) is 0 Å². The number of benzene rings is 3. The minimum Gasteiger partial charge on any atom is -0.478 e. The minimum absolute atomic E-state index is 0.163. The van der Waals surface area contributed by atoms with E-state index >= 15 is 0 Å². The number of nitrogen functional groups attached to an aromatic ring is 1. The number of rotatable bonds is 4. The summed E-state index contributed by atoms with van der Waals surface area (Å²) < 4.78 is 5.57. The number of carboxylic acids is 1. The first-order valence-corrected chi connectivity index (χ1v) is 8.00. The lowest BCUT2D eigenvalue weighted by molar-refractivity contribution is 0.0698. The number of ether oxygens (including phenoxy) is 1. The molecule has 136 valence electrons. The van der Waals surface area contributed by atoms with Gasteiger partial charge in [0.1, 0.15) is 11.5 Å². The highest BCUT2D eigenvalue weighted by Crippen LogP contribution is 2.23. The number of isocyanates is 1. The third kappa shape index (κ3) is 6.16. The van der Waals surface area contributed by atoms with Gasteiger partial charge in [-0.25, -0.2) is 9.59 Å². The zero-order valence-corrected chi connectivity index (χ0v) is 14.6. The molecule has 0 radical (unpaired) electrons. The number of anilines is 1. The highest BCUT2D eigenvalue weighted by Gasteiger charge is 2.05. The van der Waals surface area contributed by atoms with Crippen molar-refractivity contribution in [2.45, 2.75) is 6.92 Å². The summed E-state index contributed by atoms with van der Waals surface area (Å²) in [5.41, 5.74) is 7.45. The maximum Gasteiger partial charge on any atom is 0.337 e. The molecule has 0 saturated carbocycles. The van der Waals surface area contributed by atoms with Crippen molar-refractivity contribution in [3.63, 3.8) is 0 Å². The summed E-state index contributed by atoms with van der Waals surface area (Å²) in [5.74, 6) is 0.493. The average molecular weight is 362 g/mol. The van der Waals surface area contributed by atoms with Crippen molar-refractivity contribution < 1.29 is 19.4 Å². The van der Waals surface area contributed by atoms with Gasteiger partial charge >= 0.3 is 5.97 Å². The molecule has 0 aliphatic carbocycles. The number of para-hydroxylation sites is 1. The summed E-state index contributed by atoms with van der Waals surface area (Å²) in [4.78, 5) is 24.0. The van der Waals surface area contributed by atoms with Gasteiger partial charge in [0.05, 0.1) is 11.3 Å². The van der Waals surface area contributed by atoms with Crippen LogP contribution in [0.25, 0.3) is 0 Å². The minimum atomic E-state index is -0.984. The van der Waals surface area contributed by atoms with Crippen molar-refractivity contribution in [1.29, 1.82) is 0 Å². The molecule has 0 fully saturated rings. The van der Waals surface area contributed by atoms with E-state index in [0.29, 0.717) is 17.1 Å². The van der Waals surface area contributed by atoms with Crippen molar-refractivity contribution in [2.24, 2.45) is 4.99 Å². The first-order chi connectivity index (χ1) is 13.0. The topological polar surface area (TPSA) is 102 Å². The highest BCUT2D eigenvalue weighted by atomic mass is 16.5. The van der Waals surface area contributed by atoms with E-state index in [1.807, 2.05) is 37.3 Å². The Morgan fingerprint density at radius 2 is 1.63 bits per heavy atom. The Kier molecular flexibility index (Phi) is 6.88. The van der Waals surface area contributed by atoms with Crippen molar-refractivity contribution in [1.82, 2.24) is 0 Å². The first-order valence-electron chi connectivity index (χ1n) is 8.00. The predicted octanol–water partition coefficient (Wildman–Crippen LogP) is 4.72. The van der Waals surface area contributed by atoms with Crippen molar-refractivity contribution in [3.8, 4) is 11.5 Å². The van der Waals surface area contributed by atoms with Crippen molar-refractivity contribution >= 4 is 23.4 Å². The lowest BCUT2D eigenvalue weighted by Crippen LogP contribution is -2.01. The van der Waals surface area contributed by atoms with Crippen LogP contribution >= 0.6 is 0 Å². The molecule has 6 heteroatoms. The van der Waals surface area contributed by atoms with Gasteiger partial charge in [-0.2, -0.15) is 4.99 Å². The smallest absolute Gasteiger partial charge is 0.337 e. The van der Waals surface area contributed by atoms with Gasteiger partial charge in [-0.1, -0.05) is 24.3 Å². The normalized spacial score (nSPS) is 9.37. The fraction of sp³-hybridized carbons (Fsp3) is 0.0476. The van der Waals surface area contributed by atoms with Crippen LogP contribution in [0.15, 0.2) is 77.8 Å². The molecule has 0 amide bonds. The Morgan fingerprint density at radius 1 is 1.00 bits per heavy atom. The molecule has 0 atom stereocenters. The molecular weight excluding hydrogens is 344 g/mol.